The lowest BCUT2D eigenvalue weighted by molar-refractivity contribution is 0.142. The number of aromatic nitrogens is 2. The summed E-state index contributed by atoms with van der Waals surface area (Å²) in [5, 5.41) is 4.24. The van der Waals surface area contributed by atoms with Crippen LogP contribution >= 0.6 is 0 Å². The minimum Gasteiger partial charge on any atom is -0.486 e. The summed E-state index contributed by atoms with van der Waals surface area (Å²) in [5.74, 6) is 1.37. The molecule has 1 atom stereocenters. The van der Waals surface area contributed by atoms with Gasteiger partial charge in [-0.1, -0.05) is 19.1 Å². The molecule has 3 N–H and O–H groups in total. The molecule has 26 heavy (non-hydrogen) atoms. The summed E-state index contributed by atoms with van der Waals surface area (Å²) in [4.78, 5) is 8.77. The van der Waals surface area contributed by atoms with Crippen molar-refractivity contribution in [2.24, 2.45) is 0 Å². The molecule has 3 aromatic rings. The molecule has 1 aliphatic rings. The average molecular weight is 350 g/mol. The second-order valence-electron chi connectivity index (χ2n) is 6.41. The van der Waals surface area contributed by atoms with Crippen molar-refractivity contribution in [3.8, 4) is 5.75 Å². The maximum absolute atomic E-state index is 6.22. The summed E-state index contributed by atoms with van der Waals surface area (Å²) in [6, 6.07) is 12.0. The fourth-order valence-electron chi connectivity index (χ4n) is 3.09. The Morgan fingerprint density at radius 3 is 3.00 bits per heavy atom. The number of anilines is 3. The molecule has 1 aliphatic heterocycles. The van der Waals surface area contributed by atoms with E-state index in [9.17, 15) is 0 Å². The van der Waals surface area contributed by atoms with Crippen molar-refractivity contribution in [3.63, 3.8) is 0 Å². The van der Waals surface area contributed by atoms with Crippen molar-refractivity contribution < 1.29 is 9.47 Å². The average Bonchev–Trinajstić information content (AvgIpc) is 3.16. The standard InChI is InChI=1S/C20H22N4O2/c1-2-13-4-3-5-14(8-13)24-20-16-9-17(21)19(10-18(16)22-12-23-20)26-15-6-7-25-11-15/h3-5,8-10,12,15H,2,6-7,11,21H2,1H3,(H,22,23,24). The SMILES string of the molecule is CCc1cccc(Nc2ncnc3cc(OC4CCOC4)c(N)cc23)c1. The first-order chi connectivity index (χ1) is 12.7. The van der Waals surface area contributed by atoms with E-state index >= 15 is 0 Å². The second-order valence-corrected chi connectivity index (χ2v) is 6.41. The molecule has 6 nitrogen and oxygen atoms in total. The first-order valence-corrected chi connectivity index (χ1v) is 8.87. The summed E-state index contributed by atoms with van der Waals surface area (Å²) in [5.41, 5.74) is 9.84. The number of benzene rings is 2. The van der Waals surface area contributed by atoms with Crippen LogP contribution in [0.15, 0.2) is 42.7 Å². The molecular weight excluding hydrogens is 328 g/mol. The van der Waals surface area contributed by atoms with Crippen molar-refractivity contribution in [2.75, 3.05) is 24.3 Å². The van der Waals surface area contributed by atoms with E-state index in [1.165, 1.54) is 5.56 Å². The van der Waals surface area contributed by atoms with Crippen LogP contribution < -0.4 is 15.8 Å². The van der Waals surface area contributed by atoms with Crippen LogP contribution in [0.1, 0.15) is 18.9 Å². The maximum atomic E-state index is 6.22. The lowest BCUT2D eigenvalue weighted by Crippen LogP contribution is -2.16. The topological polar surface area (TPSA) is 82.3 Å². The molecule has 2 heterocycles. The van der Waals surface area contributed by atoms with E-state index in [2.05, 4.69) is 34.3 Å². The van der Waals surface area contributed by atoms with Gasteiger partial charge in [0.1, 0.15) is 24.0 Å². The Balaban J connectivity index is 1.66. The predicted molar refractivity (Wildman–Crippen MR) is 103 cm³/mol. The molecule has 1 saturated heterocycles. The number of fused-ring (bicyclic) bond motifs is 1. The molecule has 1 aromatic heterocycles. The van der Waals surface area contributed by atoms with Gasteiger partial charge < -0.3 is 20.5 Å². The van der Waals surface area contributed by atoms with Gasteiger partial charge in [-0.2, -0.15) is 0 Å². The number of rotatable bonds is 5. The van der Waals surface area contributed by atoms with Crippen LogP contribution in [0.3, 0.4) is 0 Å². The van der Waals surface area contributed by atoms with Gasteiger partial charge in [-0.05, 0) is 30.2 Å². The quantitative estimate of drug-likeness (QED) is 0.683. The highest BCUT2D eigenvalue weighted by Crippen LogP contribution is 2.32. The number of hydrogen-bond acceptors (Lipinski definition) is 6. The van der Waals surface area contributed by atoms with Gasteiger partial charge in [0.15, 0.2) is 0 Å². The molecule has 2 aromatic carbocycles. The van der Waals surface area contributed by atoms with Gasteiger partial charge in [-0.25, -0.2) is 9.97 Å². The Bertz CT molecular complexity index is 923. The van der Waals surface area contributed by atoms with Gasteiger partial charge in [0.2, 0.25) is 0 Å². The molecule has 1 fully saturated rings. The zero-order chi connectivity index (χ0) is 17.9. The fourth-order valence-corrected chi connectivity index (χ4v) is 3.09. The summed E-state index contributed by atoms with van der Waals surface area (Å²) < 4.78 is 11.3. The number of hydrogen-bond donors (Lipinski definition) is 2. The van der Waals surface area contributed by atoms with E-state index in [1.54, 1.807) is 6.33 Å². The van der Waals surface area contributed by atoms with E-state index in [1.807, 2.05) is 24.3 Å². The van der Waals surface area contributed by atoms with Crippen molar-refractivity contribution in [1.29, 1.82) is 0 Å². The zero-order valence-electron chi connectivity index (χ0n) is 14.7. The minimum absolute atomic E-state index is 0.0472. The fraction of sp³-hybridized carbons (Fsp3) is 0.300. The van der Waals surface area contributed by atoms with E-state index in [-0.39, 0.29) is 6.10 Å². The van der Waals surface area contributed by atoms with Crippen LogP contribution in [0.4, 0.5) is 17.2 Å². The Hall–Kier alpha value is -2.86. The molecule has 1 unspecified atom stereocenters. The van der Waals surface area contributed by atoms with Crippen LogP contribution in [-0.4, -0.2) is 29.3 Å². The Morgan fingerprint density at radius 2 is 2.19 bits per heavy atom. The Morgan fingerprint density at radius 1 is 1.27 bits per heavy atom. The first kappa shape index (κ1) is 16.6. The molecule has 0 bridgehead atoms. The smallest absolute Gasteiger partial charge is 0.144 e. The van der Waals surface area contributed by atoms with E-state index < -0.39 is 0 Å². The van der Waals surface area contributed by atoms with Gasteiger partial charge in [0.25, 0.3) is 0 Å². The van der Waals surface area contributed by atoms with Crippen LogP contribution in [0.5, 0.6) is 5.75 Å². The summed E-state index contributed by atoms with van der Waals surface area (Å²) in [7, 11) is 0. The second kappa shape index (κ2) is 7.17. The number of nitrogens with one attached hydrogen (secondary N) is 1. The third-order valence-electron chi connectivity index (χ3n) is 4.55. The summed E-state index contributed by atoms with van der Waals surface area (Å²) in [6.07, 6.45) is 3.46. The lowest BCUT2D eigenvalue weighted by Gasteiger charge is -2.15. The van der Waals surface area contributed by atoms with Crippen molar-refractivity contribution >= 4 is 28.1 Å². The highest BCUT2D eigenvalue weighted by atomic mass is 16.5. The molecular formula is C20H22N4O2. The van der Waals surface area contributed by atoms with Gasteiger partial charge in [-0.3, -0.25) is 0 Å². The van der Waals surface area contributed by atoms with E-state index in [0.717, 1.165) is 41.9 Å². The normalized spacial score (nSPS) is 16.7. The Labute approximate surface area is 152 Å². The molecule has 0 amide bonds. The van der Waals surface area contributed by atoms with Crippen LogP contribution in [0, 0.1) is 0 Å². The van der Waals surface area contributed by atoms with Crippen LogP contribution in [-0.2, 0) is 11.2 Å². The lowest BCUT2D eigenvalue weighted by atomic mass is 10.1. The monoisotopic (exact) mass is 350 g/mol. The number of nitrogens with zero attached hydrogens (tertiary/aromatic N) is 2. The minimum atomic E-state index is 0.0472. The Kier molecular flexibility index (Phi) is 4.58. The van der Waals surface area contributed by atoms with E-state index in [0.29, 0.717) is 18.0 Å². The van der Waals surface area contributed by atoms with Gasteiger partial charge in [0, 0.05) is 23.6 Å². The van der Waals surface area contributed by atoms with Gasteiger partial charge >= 0.3 is 0 Å². The van der Waals surface area contributed by atoms with Crippen molar-refractivity contribution in [3.05, 3.63) is 48.3 Å². The van der Waals surface area contributed by atoms with Crippen LogP contribution in [0.25, 0.3) is 10.9 Å². The molecule has 4 rings (SSSR count). The number of aryl methyl sites for hydroxylation is 1. The van der Waals surface area contributed by atoms with Crippen molar-refractivity contribution in [1.82, 2.24) is 9.97 Å². The first-order valence-electron chi connectivity index (χ1n) is 8.87. The predicted octanol–water partition coefficient (Wildman–Crippen LogP) is 3.69. The third kappa shape index (κ3) is 3.41. The maximum Gasteiger partial charge on any atom is 0.144 e. The zero-order valence-corrected chi connectivity index (χ0v) is 14.7. The van der Waals surface area contributed by atoms with Gasteiger partial charge in [-0.15, -0.1) is 0 Å². The highest BCUT2D eigenvalue weighted by molar-refractivity contribution is 5.94. The number of ether oxygens (including phenoxy) is 2. The molecule has 134 valence electrons. The summed E-state index contributed by atoms with van der Waals surface area (Å²) in [6.45, 7) is 3.46. The molecule has 6 heteroatoms. The van der Waals surface area contributed by atoms with Gasteiger partial charge in [0.05, 0.1) is 24.4 Å². The molecule has 0 saturated carbocycles. The highest BCUT2D eigenvalue weighted by Gasteiger charge is 2.19. The summed E-state index contributed by atoms with van der Waals surface area (Å²) >= 11 is 0. The third-order valence-corrected chi connectivity index (χ3v) is 4.55. The van der Waals surface area contributed by atoms with Crippen molar-refractivity contribution in [2.45, 2.75) is 25.9 Å². The number of nitrogens with two attached hydrogens (primary N) is 1. The largest absolute Gasteiger partial charge is 0.486 e. The van der Waals surface area contributed by atoms with E-state index in [4.69, 9.17) is 15.2 Å². The van der Waals surface area contributed by atoms with Crippen LogP contribution in [0.2, 0.25) is 0 Å². The molecule has 0 radical (unpaired) electrons. The molecule has 0 spiro atoms. The number of nitrogen functional groups attached to an aromatic ring is 1. The molecule has 0 aliphatic carbocycles.